The summed E-state index contributed by atoms with van der Waals surface area (Å²) in [4.78, 5) is 0. The summed E-state index contributed by atoms with van der Waals surface area (Å²) < 4.78 is 24.4. The average molecular weight is 434 g/mol. The first-order valence-electron chi connectivity index (χ1n) is 10.5. The van der Waals surface area contributed by atoms with Crippen LogP contribution in [-0.4, -0.2) is 40.7 Å². The number of aliphatic hydroxyl groups is 2. The second-order valence-corrected chi connectivity index (χ2v) is 8.02. The van der Waals surface area contributed by atoms with Gasteiger partial charge in [-0.15, -0.1) is 0 Å². The van der Waals surface area contributed by atoms with Crippen molar-refractivity contribution in [1.82, 2.24) is 10.5 Å². The Balaban J connectivity index is 1.21. The van der Waals surface area contributed by atoms with Crippen LogP contribution < -0.4 is 10.1 Å². The molecule has 1 aliphatic rings. The minimum absolute atomic E-state index is 0.0890. The molecule has 0 saturated heterocycles. The van der Waals surface area contributed by atoms with Crippen LogP contribution in [0.25, 0.3) is 22.2 Å². The van der Waals surface area contributed by atoms with Crippen molar-refractivity contribution in [1.29, 1.82) is 0 Å². The highest BCUT2D eigenvalue weighted by molar-refractivity contribution is 5.91. The Hall–Kier alpha value is -3.26. The van der Waals surface area contributed by atoms with Crippen molar-refractivity contribution in [3.8, 4) is 17.0 Å². The van der Waals surface area contributed by atoms with Crippen molar-refractivity contribution < 1.29 is 23.9 Å². The van der Waals surface area contributed by atoms with E-state index in [2.05, 4.69) is 10.5 Å². The van der Waals surface area contributed by atoms with Crippen molar-refractivity contribution in [2.24, 2.45) is 0 Å². The SMILES string of the molecule is O[C@@H](CN[C@H]1c2ccccc2C[C@H]1O)COc1cccc(-c2noc3cc(F)ccc23)c1. The molecule has 164 valence electrons. The first-order valence-corrected chi connectivity index (χ1v) is 10.5. The molecule has 3 aromatic carbocycles. The molecule has 1 aliphatic carbocycles. The van der Waals surface area contributed by atoms with Gasteiger partial charge in [-0.05, 0) is 35.4 Å². The molecule has 7 heteroatoms. The second kappa shape index (κ2) is 8.70. The largest absolute Gasteiger partial charge is 0.491 e. The first-order chi connectivity index (χ1) is 15.6. The molecule has 0 spiro atoms. The fourth-order valence-corrected chi connectivity index (χ4v) is 4.19. The Morgan fingerprint density at radius 1 is 1.12 bits per heavy atom. The lowest BCUT2D eigenvalue weighted by Gasteiger charge is -2.20. The molecule has 1 aromatic heterocycles. The lowest BCUT2D eigenvalue weighted by molar-refractivity contribution is 0.0890. The molecule has 0 bridgehead atoms. The zero-order chi connectivity index (χ0) is 22.1. The molecule has 5 rings (SSSR count). The van der Waals surface area contributed by atoms with Gasteiger partial charge in [-0.2, -0.15) is 0 Å². The van der Waals surface area contributed by atoms with Crippen LogP contribution in [0.2, 0.25) is 0 Å². The summed E-state index contributed by atoms with van der Waals surface area (Å²) in [6, 6.07) is 19.3. The van der Waals surface area contributed by atoms with Crippen molar-refractivity contribution in [3.05, 3.63) is 83.7 Å². The van der Waals surface area contributed by atoms with Crippen LogP contribution >= 0.6 is 0 Å². The van der Waals surface area contributed by atoms with E-state index < -0.39 is 12.2 Å². The molecule has 0 aliphatic heterocycles. The van der Waals surface area contributed by atoms with Gasteiger partial charge in [0.25, 0.3) is 0 Å². The smallest absolute Gasteiger partial charge is 0.170 e. The van der Waals surface area contributed by atoms with Crippen LogP contribution in [0.5, 0.6) is 5.75 Å². The van der Waals surface area contributed by atoms with Crippen molar-refractivity contribution in [3.63, 3.8) is 0 Å². The molecule has 0 fully saturated rings. The number of nitrogens with one attached hydrogen (secondary N) is 1. The van der Waals surface area contributed by atoms with Crippen molar-refractivity contribution >= 4 is 11.0 Å². The van der Waals surface area contributed by atoms with E-state index >= 15 is 0 Å². The number of ether oxygens (including phenoxy) is 1. The first kappa shape index (κ1) is 20.6. The van der Waals surface area contributed by atoms with Gasteiger partial charge in [0.15, 0.2) is 5.58 Å². The highest BCUT2D eigenvalue weighted by atomic mass is 19.1. The summed E-state index contributed by atoms with van der Waals surface area (Å²) in [5.74, 6) is 0.194. The molecular formula is C25H23FN2O4. The topological polar surface area (TPSA) is 87.8 Å². The maximum absolute atomic E-state index is 13.4. The minimum atomic E-state index is -0.755. The van der Waals surface area contributed by atoms with Crippen LogP contribution in [0.1, 0.15) is 17.2 Å². The zero-order valence-electron chi connectivity index (χ0n) is 17.2. The fraction of sp³-hybridized carbons (Fsp3) is 0.240. The van der Waals surface area contributed by atoms with E-state index in [-0.39, 0.29) is 25.0 Å². The molecule has 1 heterocycles. The van der Waals surface area contributed by atoms with Gasteiger partial charge < -0.3 is 24.8 Å². The van der Waals surface area contributed by atoms with Gasteiger partial charge in [-0.1, -0.05) is 41.6 Å². The fourth-order valence-electron chi connectivity index (χ4n) is 4.19. The number of rotatable bonds is 7. The highest BCUT2D eigenvalue weighted by Crippen LogP contribution is 2.32. The van der Waals surface area contributed by atoms with Crippen molar-refractivity contribution in [2.45, 2.75) is 24.7 Å². The number of fused-ring (bicyclic) bond motifs is 2. The van der Waals surface area contributed by atoms with E-state index in [0.29, 0.717) is 28.8 Å². The molecular weight excluding hydrogens is 411 g/mol. The van der Waals surface area contributed by atoms with Crippen LogP contribution in [0.3, 0.4) is 0 Å². The summed E-state index contributed by atoms with van der Waals surface area (Å²) in [6.07, 6.45) is -0.659. The molecule has 0 saturated carbocycles. The summed E-state index contributed by atoms with van der Waals surface area (Å²) in [6.45, 7) is 0.376. The van der Waals surface area contributed by atoms with Crippen molar-refractivity contribution in [2.75, 3.05) is 13.2 Å². The Kier molecular flexibility index (Phi) is 5.61. The maximum Gasteiger partial charge on any atom is 0.170 e. The van der Waals surface area contributed by atoms with E-state index in [0.717, 1.165) is 16.7 Å². The van der Waals surface area contributed by atoms with Crippen LogP contribution in [0.15, 0.2) is 71.3 Å². The molecule has 0 amide bonds. The lowest BCUT2D eigenvalue weighted by Crippen LogP contribution is -2.37. The molecule has 6 nitrogen and oxygen atoms in total. The lowest BCUT2D eigenvalue weighted by atomic mass is 10.1. The third-order valence-corrected chi connectivity index (χ3v) is 5.76. The van der Waals surface area contributed by atoms with E-state index in [1.165, 1.54) is 12.1 Å². The van der Waals surface area contributed by atoms with Gasteiger partial charge in [0.05, 0.1) is 12.1 Å². The Bertz CT molecular complexity index is 1240. The number of aliphatic hydroxyl groups excluding tert-OH is 2. The third kappa shape index (κ3) is 4.10. The molecule has 0 radical (unpaired) electrons. The Morgan fingerprint density at radius 3 is 2.91 bits per heavy atom. The molecule has 0 unspecified atom stereocenters. The predicted molar refractivity (Wildman–Crippen MR) is 118 cm³/mol. The van der Waals surface area contributed by atoms with Gasteiger partial charge in [-0.3, -0.25) is 0 Å². The number of benzene rings is 3. The second-order valence-electron chi connectivity index (χ2n) is 8.02. The quantitative estimate of drug-likeness (QED) is 0.412. The number of hydrogen-bond donors (Lipinski definition) is 3. The molecule has 3 atom stereocenters. The van der Waals surface area contributed by atoms with Gasteiger partial charge in [0.1, 0.15) is 30.0 Å². The normalized spacial score (nSPS) is 18.6. The third-order valence-electron chi connectivity index (χ3n) is 5.76. The summed E-state index contributed by atoms with van der Waals surface area (Å²) in [5.41, 5.74) is 3.94. The van der Waals surface area contributed by atoms with E-state index in [4.69, 9.17) is 9.26 Å². The van der Waals surface area contributed by atoms with Crippen LogP contribution in [0.4, 0.5) is 4.39 Å². The van der Waals surface area contributed by atoms with E-state index in [9.17, 15) is 14.6 Å². The van der Waals surface area contributed by atoms with Gasteiger partial charge in [0.2, 0.25) is 0 Å². The summed E-state index contributed by atoms with van der Waals surface area (Å²) in [5, 5.41) is 28.7. The van der Waals surface area contributed by atoms with Crippen LogP contribution in [-0.2, 0) is 6.42 Å². The number of nitrogens with zero attached hydrogens (tertiary/aromatic N) is 1. The maximum atomic E-state index is 13.4. The number of aromatic nitrogens is 1. The minimum Gasteiger partial charge on any atom is -0.491 e. The summed E-state index contributed by atoms with van der Waals surface area (Å²) >= 11 is 0. The summed E-state index contributed by atoms with van der Waals surface area (Å²) in [7, 11) is 0. The Morgan fingerprint density at radius 2 is 2.00 bits per heavy atom. The molecule has 4 aromatic rings. The zero-order valence-corrected chi connectivity index (χ0v) is 17.2. The monoisotopic (exact) mass is 434 g/mol. The Labute approximate surface area is 184 Å². The number of hydrogen-bond acceptors (Lipinski definition) is 6. The average Bonchev–Trinajstić information content (AvgIpc) is 3.36. The standard InChI is InChI=1S/C25H23FN2O4/c26-17-8-9-21-23(12-17)32-28-24(21)16-5-3-6-19(10-16)31-14-18(29)13-27-25-20-7-2-1-4-15(20)11-22(25)30/h1-10,12,18,22,25,27,29-30H,11,13-14H2/t18-,22+,25-/m0/s1. The number of halogens is 1. The predicted octanol–water partition coefficient (Wildman–Crippen LogP) is 3.62. The van der Waals surface area contributed by atoms with Gasteiger partial charge in [0, 0.05) is 30.0 Å². The molecule has 32 heavy (non-hydrogen) atoms. The highest BCUT2D eigenvalue weighted by Gasteiger charge is 2.30. The van der Waals surface area contributed by atoms with Gasteiger partial charge >= 0.3 is 0 Å². The molecule has 3 N–H and O–H groups in total. The van der Waals surface area contributed by atoms with Crippen LogP contribution in [0, 0.1) is 5.82 Å². The van der Waals surface area contributed by atoms with E-state index in [1.807, 2.05) is 36.4 Å². The van der Waals surface area contributed by atoms with E-state index in [1.54, 1.807) is 18.2 Å². The van der Waals surface area contributed by atoms with Gasteiger partial charge in [-0.25, -0.2) is 4.39 Å².